The fourth-order valence-corrected chi connectivity index (χ4v) is 4.36. The van der Waals surface area contributed by atoms with E-state index in [2.05, 4.69) is 13.8 Å². The molecule has 0 aromatic heterocycles. The molecule has 0 aliphatic carbocycles. The Labute approximate surface area is 151 Å². The van der Waals surface area contributed by atoms with Gasteiger partial charge in [-0.05, 0) is 37.0 Å². The van der Waals surface area contributed by atoms with E-state index in [9.17, 15) is 13.2 Å². The van der Waals surface area contributed by atoms with Crippen LogP contribution in [0.4, 0.5) is 0 Å². The first-order valence-electron chi connectivity index (χ1n) is 8.89. The van der Waals surface area contributed by atoms with Gasteiger partial charge in [0.2, 0.25) is 15.9 Å². The van der Waals surface area contributed by atoms with Crippen LogP contribution in [0, 0.1) is 0 Å². The number of nitrogens with zero attached hydrogens (tertiary/aromatic N) is 2. The minimum Gasteiger partial charge on any atom is -0.340 e. The average Bonchev–Trinajstić information content (AvgIpc) is 2.60. The molecule has 1 amide bonds. The molecule has 2 atom stereocenters. The molecule has 2 N–H and O–H groups in total. The summed E-state index contributed by atoms with van der Waals surface area (Å²) in [5, 5.41) is 0. The Balaban J connectivity index is 2.03. The second kappa shape index (κ2) is 8.29. The Morgan fingerprint density at radius 2 is 1.68 bits per heavy atom. The van der Waals surface area contributed by atoms with E-state index >= 15 is 0 Å². The molecule has 1 aromatic carbocycles. The van der Waals surface area contributed by atoms with Crippen LogP contribution < -0.4 is 5.73 Å². The molecule has 0 spiro atoms. The van der Waals surface area contributed by atoms with Gasteiger partial charge in [-0.1, -0.05) is 26.0 Å². The van der Waals surface area contributed by atoms with E-state index in [0.29, 0.717) is 43.4 Å². The highest BCUT2D eigenvalue weighted by Gasteiger charge is 2.30. The number of rotatable bonds is 6. The fraction of sp³-hybridized carbons (Fsp3) is 0.611. The number of piperazine rings is 1. The number of hydrogen-bond donors (Lipinski definition) is 1. The summed E-state index contributed by atoms with van der Waals surface area (Å²) in [6.07, 6.45) is 1.31. The molecule has 0 bridgehead atoms. The van der Waals surface area contributed by atoms with Crippen LogP contribution in [0.2, 0.25) is 0 Å². The van der Waals surface area contributed by atoms with Gasteiger partial charge in [-0.15, -0.1) is 0 Å². The number of amides is 1. The monoisotopic (exact) mass is 367 g/mol. The summed E-state index contributed by atoms with van der Waals surface area (Å²) in [4.78, 5) is 14.1. The first kappa shape index (κ1) is 19.9. The minimum atomic E-state index is -3.51. The third kappa shape index (κ3) is 4.80. The van der Waals surface area contributed by atoms with Crippen molar-refractivity contribution in [3.63, 3.8) is 0 Å². The van der Waals surface area contributed by atoms with E-state index in [0.717, 1.165) is 12.0 Å². The quantitative estimate of drug-likeness (QED) is 0.830. The van der Waals surface area contributed by atoms with Crippen molar-refractivity contribution in [3.8, 4) is 0 Å². The number of benzene rings is 1. The van der Waals surface area contributed by atoms with Crippen LogP contribution in [-0.2, 0) is 14.8 Å². The van der Waals surface area contributed by atoms with Crippen LogP contribution in [-0.4, -0.2) is 55.8 Å². The van der Waals surface area contributed by atoms with Crippen molar-refractivity contribution in [2.24, 2.45) is 5.73 Å². The zero-order chi connectivity index (χ0) is 18.6. The number of hydrogen-bond acceptors (Lipinski definition) is 4. The van der Waals surface area contributed by atoms with E-state index in [1.165, 1.54) is 4.31 Å². The molecule has 1 aromatic rings. The van der Waals surface area contributed by atoms with Crippen molar-refractivity contribution in [1.82, 2.24) is 9.21 Å². The molecule has 1 saturated heterocycles. The Bertz CT molecular complexity index is 678. The van der Waals surface area contributed by atoms with Crippen LogP contribution in [0.1, 0.15) is 45.1 Å². The summed E-state index contributed by atoms with van der Waals surface area (Å²) in [6, 6.07) is 6.97. The van der Waals surface area contributed by atoms with Gasteiger partial charge in [-0.3, -0.25) is 4.79 Å². The third-order valence-corrected chi connectivity index (χ3v) is 6.70. The van der Waals surface area contributed by atoms with Gasteiger partial charge in [-0.2, -0.15) is 4.31 Å². The lowest BCUT2D eigenvalue weighted by Gasteiger charge is -2.34. The van der Waals surface area contributed by atoms with Crippen LogP contribution in [0.15, 0.2) is 29.2 Å². The molecule has 2 unspecified atom stereocenters. The second-order valence-electron chi connectivity index (χ2n) is 6.84. The third-order valence-electron chi connectivity index (χ3n) is 4.79. The van der Waals surface area contributed by atoms with Gasteiger partial charge in [0.1, 0.15) is 0 Å². The first-order valence-corrected chi connectivity index (χ1v) is 10.3. The Kier molecular flexibility index (Phi) is 6.59. The van der Waals surface area contributed by atoms with Crippen molar-refractivity contribution in [1.29, 1.82) is 0 Å². The van der Waals surface area contributed by atoms with Crippen molar-refractivity contribution in [2.45, 2.75) is 50.5 Å². The lowest BCUT2D eigenvalue weighted by molar-refractivity contribution is -0.132. The molecular formula is C18H29N3O3S. The molecule has 1 aliphatic heterocycles. The zero-order valence-corrected chi connectivity index (χ0v) is 16.1. The predicted octanol–water partition coefficient (Wildman–Crippen LogP) is 1.77. The molecule has 7 heteroatoms. The molecule has 1 aliphatic rings. The van der Waals surface area contributed by atoms with Crippen LogP contribution in [0.25, 0.3) is 0 Å². The maximum absolute atomic E-state index is 12.8. The largest absolute Gasteiger partial charge is 0.340 e. The Morgan fingerprint density at radius 1 is 1.12 bits per heavy atom. The SMILES string of the molecule is CCC(C)c1ccc(S(=O)(=O)N2CCN(C(=O)CC(C)N)CC2)cc1. The van der Waals surface area contributed by atoms with Crippen LogP contribution in [0.3, 0.4) is 0 Å². The summed E-state index contributed by atoms with van der Waals surface area (Å²) >= 11 is 0. The normalized spacial score (nSPS) is 18.8. The highest BCUT2D eigenvalue weighted by molar-refractivity contribution is 7.89. The van der Waals surface area contributed by atoms with Crippen molar-refractivity contribution < 1.29 is 13.2 Å². The fourth-order valence-electron chi connectivity index (χ4n) is 2.94. The number of sulfonamides is 1. The van der Waals surface area contributed by atoms with Gasteiger partial charge in [0.15, 0.2) is 0 Å². The van der Waals surface area contributed by atoms with Crippen molar-refractivity contribution >= 4 is 15.9 Å². The summed E-state index contributed by atoms with van der Waals surface area (Å²) in [5.74, 6) is 0.404. The summed E-state index contributed by atoms with van der Waals surface area (Å²) < 4.78 is 27.0. The topological polar surface area (TPSA) is 83.7 Å². The molecule has 1 fully saturated rings. The highest BCUT2D eigenvalue weighted by atomic mass is 32.2. The van der Waals surface area contributed by atoms with Crippen molar-refractivity contribution in [2.75, 3.05) is 26.2 Å². The molecule has 0 saturated carbocycles. The van der Waals surface area contributed by atoms with E-state index in [4.69, 9.17) is 5.73 Å². The van der Waals surface area contributed by atoms with E-state index in [1.807, 2.05) is 12.1 Å². The van der Waals surface area contributed by atoms with Crippen LogP contribution in [0.5, 0.6) is 0 Å². The van der Waals surface area contributed by atoms with Gasteiger partial charge in [0, 0.05) is 38.6 Å². The smallest absolute Gasteiger partial charge is 0.243 e. The number of carbonyl (C=O) groups excluding carboxylic acids is 1. The molecule has 140 valence electrons. The van der Waals surface area contributed by atoms with Crippen LogP contribution >= 0.6 is 0 Å². The van der Waals surface area contributed by atoms with Gasteiger partial charge in [0.05, 0.1) is 4.90 Å². The summed E-state index contributed by atoms with van der Waals surface area (Å²) in [6.45, 7) is 7.50. The summed E-state index contributed by atoms with van der Waals surface area (Å²) in [5.41, 5.74) is 6.81. The van der Waals surface area contributed by atoms with E-state index in [-0.39, 0.29) is 11.9 Å². The molecule has 0 radical (unpaired) electrons. The maximum atomic E-state index is 12.8. The maximum Gasteiger partial charge on any atom is 0.243 e. The molecule has 1 heterocycles. The first-order chi connectivity index (χ1) is 11.8. The van der Waals surface area contributed by atoms with Gasteiger partial charge in [0.25, 0.3) is 0 Å². The number of carbonyl (C=O) groups is 1. The lowest BCUT2D eigenvalue weighted by atomic mass is 9.99. The Morgan fingerprint density at radius 3 is 2.16 bits per heavy atom. The molecule has 25 heavy (non-hydrogen) atoms. The van der Waals surface area contributed by atoms with E-state index in [1.54, 1.807) is 24.0 Å². The van der Waals surface area contributed by atoms with Crippen molar-refractivity contribution in [3.05, 3.63) is 29.8 Å². The zero-order valence-electron chi connectivity index (χ0n) is 15.3. The van der Waals surface area contributed by atoms with Gasteiger partial charge < -0.3 is 10.6 Å². The second-order valence-corrected chi connectivity index (χ2v) is 8.78. The Hall–Kier alpha value is -1.44. The summed E-state index contributed by atoms with van der Waals surface area (Å²) in [7, 11) is -3.51. The number of nitrogens with two attached hydrogens (primary N) is 1. The molecule has 6 nitrogen and oxygen atoms in total. The molecule has 2 rings (SSSR count). The lowest BCUT2D eigenvalue weighted by Crippen LogP contribution is -2.51. The van der Waals surface area contributed by atoms with E-state index < -0.39 is 10.0 Å². The predicted molar refractivity (Wildman–Crippen MR) is 98.8 cm³/mol. The van der Waals surface area contributed by atoms with Gasteiger partial charge in [-0.25, -0.2) is 8.42 Å². The van der Waals surface area contributed by atoms with Gasteiger partial charge >= 0.3 is 0 Å². The average molecular weight is 368 g/mol. The standard InChI is InChI=1S/C18H29N3O3S/c1-4-14(2)16-5-7-17(8-6-16)25(23,24)21-11-9-20(10-12-21)18(22)13-15(3)19/h5-8,14-15H,4,9-13,19H2,1-3H3. The highest BCUT2D eigenvalue weighted by Crippen LogP contribution is 2.23. The minimum absolute atomic E-state index is 0.00930. The molecular weight excluding hydrogens is 338 g/mol.